The minimum Gasteiger partial charge on any atom is -0.462 e. The molecule has 0 aromatic heterocycles. The average Bonchev–Trinajstić information content (AvgIpc) is 2.53. The number of rotatable bonds is 12. The normalized spacial score (nSPS) is 15.1. The molecule has 5 heteroatoms. The van der Waals surface area contributed by atoms with Crippen LogP contribution in [0.5, 0.6) is 0 Å². The van der Waals surface area contributed by atoms with Crippen LogP contribution in [-0.4, -0.2) is 31.3 Å². The van der Waals surface area contributed by atoms with Crippen LogP contribution in [0, 0.1) is 17.3 Å². The van der Waals surface area contributed by atoms with Gasteiger partial charge in [0.05, 0.1) is 5.92 Å². The van der Waals surface area contributed by atoms with Crippen LogP contribution in [-0.2, 0) is 19.1 Å². The molecule has 0 spiro atoms. The second kappa shape index (κ2) is 12.0. The third kappa shape index (κ3) is 11.0. The van der Waals surface area contributed by atoms with Crippen molar-refractivity contribution in [1.82, 2.24) is 5.32 Å². The van der Waals surface area contributed by atoms with Gasteiger partial charge in [-0.05, 0) is 37.0 Å². The van der Waals surface area contributed by atoms with Crippen molar-refractivity contribution in [3.05, 3.63) is 0 Å². The standard InChI is InChI=1S/C20H37NO4/c1-15(10-9-12-18(23)21-6)14-17(20(3,4)5)25-19(24)16(2)11-7-8-13-22/h13,15-17H,7-12,14H2,1-6H3,(H,21,23)/t15-,16+,17+/m1/s1. The number of amides is 1. The van der Waals surface area contributed by atoms with Crippen LogP contribution in [0.2, 0.25) is 0 Å². The number of hydrogen-bond donors (Lipinski definition) is 1. The number of esters is 1. The Labute approximate surface area is 153 Å². The van der Waals surface area contributed by atoms with Gasteiger partial charge in [-0.25, -0.2) is 0 Å². The van der Waals surface area contributed by atoms with Gasteiger partial charge in [0.15, 0.2) is 0 Å². The Hall–Kier alpha value is -1.39. The minimum atomic E-state index is -0.187. The van der Waals surface area contributed by atoms with Crippen LogP contribution in [0.1, 0.15) is 79.6 Å². The third-order valence-corrected chi connectivity index (χ3v) is 4.58. The van der Waals surface area contributed by atoms with Gasteiger partial charge >= 0.3 is 5.97 Å². The topological polar surface area (TPSA) is 72.5 Å². The summed E-state index contributed by atoms with van der Waals surface area (Å²) >= 11 is 0. The summed E-state index contributed by atoms with van der Waals surface area (Å²) in [7, 11) is 1.65. The number of aldehydes is 1. The van der Waals surface area contributed by atoms with E-state index in [0.717, 1.165) is 32.0 Å². The van der Waals surface area contributed by atoms with E-state index in [1.165, 1.54) is 0 Å². The summed E-state index contributed by atoms with van der Waals surface area (Å²) in [6.07, 6.45) is 5.73. The predicted molar refractivity (Wildman–Crippen MR) is 100 cm³/mol. The number of carbonyl (C=O) groups is 3. The predicted octanol–water partition coefficient (Wildman–Crippen LogP) is 3.89. The Morgan fingerprint density at radius 3 is 2.28 bits per heavy atom. The SMILES string of the molecule is CNC(=O)CCC[C@@H](C)C[C@H](OC(=O)[C@@H](C)CCCC=O)C(C)(C)C. The second-order valence-electron chi connectivity index (χ2n) is 8.20. The lowest BCUT2D eigenvalue weighted by atomic mass is 9.82. The summed E-state index contributed by atoms with van der Waals surface area (Å²) in [4.78, 5) is 34.0. The zero-order chi connectivity index (χ0) is 19.5. The molecule has 0 aromatic rings. The largest absolute Gasteiger partial charge is 0.462 e. The third-order valence-electron chi connectivity index (χ3n) is 4.58. The van der Waals surface area contributed by atoms with E-state index in [-0.39, 0.29) is 29.3 Å². The average molecular weight is 356 g/mol. The molecule has 0 rings (SSSR count). The molecule has 25 heavy (non-hydrogen) atoms. The van der Waals surface area contributed by atoms with Gasteiger partial charge in [-0.1, -0.05) is 41.0 Å². The van der Waals surface area contributed by atoms with Gasteiger partial charge in [-0.15, -0.1) is 0 Å². The molecule has 0 saturated carbocycles. The molecule has 0 aromatic carbocycles. The van der Waals surface area contributed by atoms with E-state index in [0.29, 0.717) is 25.2 Å². The lowest BCUT2D eigenvalue weighted by molar-refractivity contribution is -0.160. The Bertz CT molecular complexity index is 414. The first-order chi connectivity index (χ1) is 11.6. The van der Waals surface area contributed by atoms with E-state index in [4.69, 9.17) is 4.74 Å². The molecule has 0 unspecified atom stereocenters. The van der Waals surface area contributed by atoms with Gasteiger partial charge < -0.3 is 14.8 Å². The minimum absolute atomic E-state index is 0.0650. The van der Waals surface area contributed by atoms with Crippen molar-refractivity contribution in [1.29, 1.82) is 0 Å². The smallest absolute Gasteiger partial charge is 0.308 e. The molecule has 1 N–H and O–H groups in total. The Morgan fingerprint density at radius 2 is 1.76 bits per heavy atom. The Balaban J connectivity index is 4.52. The number of ether oxygens (including phenoxy) is 1. The number of unbranched alkanes of at least 4 members (excludes halogenated alkanes) is 1. The highest BCUT2D eigenvalue weighted by Gasteiger charge is 2.31. The Kier molecular flexibility index (Phi) is 11.4. The summed E-state index contributed by atoms with van der Waals surface area (Å²) in [6.45, 7) is 10.3. The van der Waals surface area contributed by atoms with E-state index in [2.05, 4.69) is 33.0 Å². The molecule has 0 heterocycles. The lowest BCUT2D eigenvalue weighted by Crippen LogP contribution is -2.35. The summed E-state index contributed by atoms with van der Waals surface area (Å²) in [6, 6.07) is 0. The maximum Gasteiger partial charge on any atom is 0.308 e. The monoisotopic (exact) mass is 355 g/mol. The first kappa shape index (κ1) is 23.6. The van der Waals surface area contributed by atoms with E-state index in [1.807, 2.05) is 6.92 Å². The molecule has 0 aliphatic heterocycles. The van der Waals surface area contributed by atoms with E-state index < -0.39 is 0 Å². The Morgan fingerprint density at radius 1 is 1.12 bits per heavy atom. The van der Waals surface area contributed by atoms with Crippen LogP contribution < -0.4 is 5.32 Å². The molecule has 1 amide bonds. The number of carbonyl (C=O) groups excluding carboxylic acids is 3. The second-order valence-corrected chi connectivity index (χ2v) is 8.20. The van der Waals surface area contributed by atoms with Crippen molar-refractivity contribution in [3.63, 3.8) is 0 Å². The van der Waals surface area contributed by atoms with Crippen LogP contribution in [0.4, 0.5) is 0 Å². The summed E-state index contributed by atoms with van der Waals surface area (Å²) in [5.74, 6) is 0.0824. The van der Waals surface area contributed by atoms with Crippen LogP contribution in [0.25, 0.3) is 0 Å². The molecule has 5 nitrogen and oxygen atoms in total. The molecule has 3 atom stereocenters. The van der Waals surface area contributed by atoms with Gasteiger partial charge in [0.25, 0.3) is 0 Å². The molecule has 146 valence electrons. The zero-order valence-corrected chi connectivity index (χ0v) is 16.9. The molecule has 0 aliphatic rings. The van der Waals surface area contributed by atoms with Crippen molar-refractivity contribution in [3.8, 4) is 0 Å². The van der Waals surface area contributed by atoms with Gasteiger partial charge in [0.1, 0.15) is 12.4 Å². The summed E-state index contributed by atoms with van der Waals surface area (Å²) in [5.41, 5.74) is -0.132. The molecular formula is C20H37NO4. The van der Waals surface area contributed by atoms with E-state index in [9.17, 15) is 14.4 Å². The van der Waals surface area contributed by atoms with Crippen LogP contribution in [0.3, 0.4) is 0 Å². The first-order valence-electron chi connectivity index (χ1n) is 9.46. The number of nitrogens with one attached hydrogen (secondary N) is 1. The maximum atomic E-state index is 12.4. The highest BCUT2D eigenvalue weighted by atomic mass is 16.5. The fraction of sp³-hybridized carbons (Fsp3) is 0.850. The van der Waals surface area contributed by atoms with Crippen molar-refractivity contribution >= 4 is 18.2 Å². The van der Waals surface area contributed by atoms with Gasteiger partial charge in [0.2, 0.25) is 5.91 Å². The van der Waals surface area contributed by atoms with Crippen molar-refractivity contribution < 1.29 is 19.1 Å². The van der Waals surface area contributed by atoms with Crippen LogP contribution >= 0.6 is 0 Å². The summed E-state index contributed by atoms with van der Waals surface area (Å²) in [5, 5.41) is 2.63. The molecule has 0 saturated heterocycles. The lowest BCUT2D eigenvalue weighted by Gasteiger charge is -2.33. The van der Waals surface area contributed by atoms with Crippen molar-refractivity contribution in [2.45, 2.75) is 85.7 Å². The first-order valence-corrected chi connectivity index (χ1v) is 9.46. The molecule has 0 bridgehead atoms. The zero-order valence-electron chi connectivity index (χ0n) is 16.9. The number of hydrogen-bond acceptors (Lipinski definition) is 4. The molecular weight excluding hydrogens is 318 g/mol. The summed E-state index contributed by atoms with van der Waals surface area (Å²) < 4.78 is 5.82. The van der Waals surface area contributed by atoms with Crippen LogP contribution in [0.15, 0.2) is 0 Å². The van der Waals surface area contributed by atoms with Gasteiger partial charge in [-0.2, -0.15) is 0 Å². The van der Waals surface area contributed by atoms with E-state index in [1.54, 1.807) is 7.05 Å². The maximum absolute atomic E-state index is 12.4. The fourth-order valence-corrected chi connectivity index (χ4v) is 2.68. The molecule has 0 radical (unpaired) electrons. The quantitative estimate of drug-likeness (QED) is 0.327. The van der Waals surface area contributed by atoms with Gasteiger partial charge in [0, 0.05) is 19.9 Å². The highest BCUT2D eigenvalue weighted by Crippen LogP contribution is 2.30. The fourth-order valence-electron chi connectivity index (χ4n) is 2.68. The molecule has 0 aliphatic carbocycles. The van der Waals surface area contributed by atoms with Gasteiger partial charge in [-0.3, -0.25) is 9.59 Å². The molecule has 0 fully saturated rings. The van der Waals surface area contributed by atoms with E-state index >= 15 is 0 Å². The van der Waals surface area contributed by atoms with Crippen molar-refractivity contribution in [2.75, 3.05) is 7.05 Å². The highest BCUT2D eigenvalue weighted by molar-refractivity contribution is 5.75. The van der Waals surface area contributed by atoms with Crippen molar-refractivity contribution in [2.24, 2.45) is 17.3 Å².